The number of hydrogen-bond acceptors (Lipinski definition) is 3. The zero-order valence-electron chi connectivity index (χ0n) is 14.7. The average Bonchev–Trinajstić information content (AvgIpc) is 2.62. The Hall–Kier alpha value is -1.94. The van der Waals surface area contributed by atoms with Crippen LogP contribution in [0.4, 0.5) is 0 Å². The number of amides is 1. The van der Waals surface area contributed by atoms with Crippen LogP contribution in [0.15, 0.2) is 36.7 Å². The molecule has 1 saturated heterocycles. The van der Waals surface area contributed by atoms with Crippen molar-refractivity contribution in [2.45, 2.75) is 45.2 Å². The highest BCUT2D eigenvalue weighted by molar-refractivity contribution is 5.85. The predicted molar refractivity (Wildman–Crippen MR) is 97.7 cm³/mol. The first-order valence-electron chi connectivity index (χ1n) is 8.98. The van der Waals surface area contributed by atoms with Gasteiger partial charge in [0.15, 0.2) is 0 Å². The summed E-state index contributed by atoms with van der Waals surface area (Å²) < 4.78 is 0. The van der Waals surface area contributed by atoms with E-state index in [1.165, 1.54) is 30.2 Å². The van der Waals surface area contributed by atoms with E-state index in [-0.39, 0.29) is 5.91 Å². The number of likely N-dealkylation sites (tertiary alicyclic amines) is 1. The summed E-state index contributed by atoms with van der Waals surface area (Å²) >= 11 is 0. The van der Waals surface area contributed by atoms with Crippen molar-refractivity contribution in [1.82, 2.24) is 14.8 Å². The number of carbonyl (C=O) groups excluding carboxylic acids is 1. The van der Waals surface area contributed by atoms with Gasteiger partial charge in [-0.15, -0.1) is 0 Å². The van der Waals surface area contributed by atoms with Gasteiger partial charge in [-0.2, -0.15) is 0 Å². The summed E-state index contributed by atoms with van der Waals surface area (Å²) in [5, 5.41) is 2.30. The third-order valence-electron chi connectivity index (χ3n) is 5.16. The van der Waals surface area contributed by atoms with Gasteiger partial charge in [0.2, 0.25) is 5.91 Å². The van der Waals surface area contributed by atoms with Crippen LogP contribution in [-0.4, -0.2) is 46.9 Å². The van der Waals surface area contributed by atoms with Crippen molar-refractivity contribution in [3.8, 4) is 0 Å². The molecule has 1 aromatic heterocycles. The molecule has 0 radical (unpaired) electrons. The van der Waals surface area contributed by atoms with Crippen LogP contribution < -0.4 is 0 Å². The topological polar surface area (TPSA) is 36.4 Å². The first-order valence-corrected chi connectivity index (χ1v) is 8.98. The van der Waals surface area contributed by atoms with Gasteiger partial charge in [-0.3, -0.25) is 14.7 Å². The van der Waals surface area contributed by atoms with Crippen LogP contribution >= 0.6 is 0 Å². The van der Waals surface area contributed by atoms with E-state index >= 15 is 0 Å². The molecule has 0 aliphatic carbocycles. The fourth-order valence-corrected chi connectivity index (χ4v) is 3.70. The molecule has 4 nitrogen and oxygen atoms in total. The van der Waals surface area contributed by atoms with E-state index in [1.807, 2.05) is 36.5 Å². The quantitative estimate of drug-likeness (QED) is 0.845. The van der Waals surface area contributed by atoms with Gasteiger partial charge in [0.25, 0.3) is 0 Å². The van der Waals surface area contributed by atoms with Crippen molar-refractivity contribution in [1.29, 1.82) is 0 Å². The van der Waals surface area contributed by atoms with Crippen LogP contribution in [0.1, 0.15) is 38.2 Å². The molecule has 1 fully saturated rings. The molecule has 2 heterocycles. The highest BCUT2D eigenvalue weighted by Crippen LogP contribution is 2.21. The van der Waals surface area contributed by atoms with Crippen molar-refractivity contribution in [2.24, 2.45) is 0 Å². The normalized spacial score (nSPS) is 18.7. The molecule has 4 heteroatoms. The van der Waals surface area contributed by atoms with Crippen molar-refractivity contribution in [2.75, 3.05) is 20.1 Å². The molecular weight excluding hydrogens is 298 g/mol. The molecule has 0 unspecified atom stereocenters. The number of carbonyl (C=O) groups is 1. The Morgan fingerprint density at radius 3 is 3.04 bits per heavy atom. The molecule has 24 heavy (non-hydrogen) atoms. The maximum atomic E-state index is 12.7. The minimum absolute atomic E-state index is 0.210. The number of hydrogen-bond donors (Lipinski definition) is 0. The Morgan fingerprint density at radius 1 is 1.33 bits per heavy atom. The van der Waals surface area contributed by atoms with Crippen molar-refractivity contribution in [3.05, 3.63) is 42.2 Å². The van der Waals surface area contributed by atoms with Crippen molar-refractivity contribution >= 4 is 16.7 Å². The first-order chi connectivity index (χ1) is 11.7. The maximum absolute atomic E-state index is 12.7. The molecule has 3 rings (SSSR count). The molecule has 1 aliphatic heterocycles. The molecule has 0 bridgehead atoms. The Kier molecular flexibility index (Phi) is 5.46. The van der Waals surface area contributed by atoms with Crippen LogP contribution in [0, 0.1) is 0 Å². The van der Waals surface area contributed by atoms with Crippen LogP contribution in [0.3, 0.4) is 0 Å². The molecular formula is C20H27N3O. The van der Waals surface area contributed by atoms with Gasteiger partial charge in [-0.05, 0) is 42.8 Å². The van der Waals surface area contributed by atoms with Gasteiger partial charge in [0, 0.05) is 37.4 Å². The molecule has 0 spiro atoms. The largest absolute Gasteiger partial charge is 0.340 e. The SMILES string of the molecule is CC[C@H]1CCCCN1CC(=O)N(C)Cc1cccc2cnccc12. The van der Waals surface area contributed by atoms with Gasteiger partial charge in [0.1, 0.15) is 0 Å². The van der Waals surface area contributed by atoms with Gasteiger partial charge in [-0.25, -0.2) is 0 Å². The molecule has 1 atom stereocenters. The highest BCUT2D eigenvalue weighted by Gasteiger charge is 2.24. The van der Waals surface area contributed by atoms with E-state index in [0.717, 1.165) is 18.4 Å². The number of pyridine rings is 1. The smallest absolute Gasteiger partial charge is 0.236 e. The minimum Gasteiger partial charge on any atom is -0.340 e. The van der Waals surface area contributed by atoms with Crippen molar-refractivity contribution < 1.29 is 4.79 Å². The predicted octanol–water partition coefficient (Wildman–Crippen LogP) is 3.46. The molecule has 0 N–H and O–H groups in total. The van der Waals surface area contributed by atoms with Gasteiger partial charge in [0.05, 0.1) is 6.54 Å². The second kappa shape index (κ2) is 7.75. The number of aromatic nitrogens is 1. The summed E-state index contributed by atoms with van der Waals surface area (Å²) in [6.45, 7) is 4.46. The Bertz CT molecular complexity index is 695. The van der Waals surface area contributed by atoms with E-state index in [0.29, 0.717) is 19.1 Å². The van der Waals surface area contributed by atoms with Gasteiger partial charge in [-0.1, -0.05) is 31.5 Å². The fraction of sp³-hybridized carbons (Fsp3) is 0.500. The van der Waals surface area contributed by atoms with E-state index in [1.54, 1.807) is 0 Å². The summed E-state index contributed by atoms with van der Waals surface area (Å²) in [6, 6.07) is 8.80. The molecule has 1 aliphatic rings. The van der Waals surface area contributed by atoms with E-state index in [2.05, 4.69) is 28.9 Å². The monoisotopic (exact) mass is 325 g/mol. The fourth-order valence-electron chi connectivity index (χ4n) is 3.70. The number of nitrogens with zero attached hydrogens (tertiary/aromatic N) is 3. The number of fused-ring (bicyclic) bond motifs is 1. The zero-order valence-corrected chi connectivity index (χ0v) is 14.7. The van der Waals surface area contributed by atoms with Crippen LogP contribution in [-0.2, 0) is 11.3 Å². The van der Waals surface area contributed by atoms with Gasteiger partial charge >= 0.3 is 0 Å². The van der Waals surface area contributed by atoms with Crippen molar-refractivity contribution in [3.63, 3.8) is 0 Å². The lowest BCUT2D eigenvalue weighted by molar-refractivity contribution is -0.132. The number of likely N-dealkylation sites (N-methyl/N-ethyl adjacent to an activating group) is 1. The second-order valence-electron chi connectivity index (χ2n) is 6.79. The second-order valence-corrected chi connectivity index (χ2v) is 6.79. The molecule has 1 aromatic carbocycles. The molecule has 2 aromatic rings. The lowest BCUT2D eigenvalue weighted by atomic mass is 10.00. The molecule has 0 saturated carbocycles. The van der Waals surface area contributed by atoms with Gasteiger partial charge < -0.3 is 4.90 Å². The Balaban J connectivity index is 1.67. The van der Waals surface area contributed by atoms with E-state index < -0.39 is 0 Å². The molecule has 1 amide bonds. The molecule has 128 valence electrons. The van der Waals surface area contributed by atoms with Crippen LogP contribution in [0.2, 0.25) is 0 Å². The minimum atomic E-state index is 0.210. The summed E-state index contributed by atoms with van der Waals surface area (Å²) in [6.07, 6.45) is 8.55. The number of rotatable bonds is 5. The maximum Gasteiger partial charge on any atom is 0.236 e. The highest BCUT2D eigenvalue weighted by atomic mass is 16.2. The average molecular weight is 325 g/mol. The summed E-state index contributed by atoms with van der Waals surface area (Å²) in [5.41, 5.74) is 1.18. The summed E-state index contributed by atoms with van der Waals surface area (Å²) in [7, 11) is 1.91. The lowest BCUT2D eigenvalue weighted by Crippen LogP contribution is -2.45. The first kappa shape index (κ1) is 16.9. The summed E-state index contributed by atoms with van der Waals surface area (Å²) in [5.74, 6) is 0.210. The number of piperidine rings is 1. The lowest BCUT2D eigenvalue weighted by Gasteiger charge is -2.35. The number of benzene rings is 1. The summed E-state index contributed by atoms with van der Waals surface area (Å²) in [4.78, 5) is 21.1. The van der Waals surface area contributed by atoms with E-state index in [4.69, 9.17) is 0 Å². The zero-order chi connectivity index (χ0) is 16.9. The Labute approximate surface area is 144 Å². The van der Waals surface area contributed by atoms with Crippen LogP contribution in [0.5, 0.6) is 0 Å². The standard InChI is InChI=1S/C20H27N3O/c1-3-18-9-4-5-12-23(18)15-20(24)22(2)14-17-8-6-7-16-13-21-11-10-19(16)17/h6-8,10-11,13,18H,3-5,9,12,14-15H2,1-2H3/t18-/m0/s1. The Morgan fingerprint density at radius 2 is 2.21 bits per heavy atom. The third kappa shape index (κ3) is 3.75. The third-order valence-corrected chi connectivity index (χ3v) is 5.16. The van der Waals surface area contributed by atoms with Crippen LogP contribution in [0.25, 0.3) is 10.8 Å². The van der Waals surface area contributed by atoms with E-state index in [9.17, 15) is 4.79 Å².